The number of hydrogen-bond acceptors (Lipinski definition) is 2. The molecule has 0 fully saturated rings. The first-order valence-corrected chi connectivity index (χ1v) is 15.3. The van der Waals surface area contributed by atoms with Crippen molar-refractivity contribution in [2.75, 3.05) is 26.2 Å². The van der Waals surface area contributed by atoms with Gasteiger partial charge in [0, 0.05) is 13.1 Å². The number of unbranched alkanes of at least 4 members (excludes halogenated alkanes) is 8. The van der Waals surface area contributed by atoms with E-state index in [-0.39, 0.29) is 0 Å². The highest BCUT2D eigenvalue weighted by atomic mass is 15.1. The van der Waals surface area contributed by atoms with E-state index in [9.17, 15) is 0 Å². The van der Waals surface area contributed by atoms with Crippen molar-refractivity contribution in [2.45, 2.75) is 118 Å². The number of nitrogens with zero attached hydrogens (tertiary/aromatic N) is 2. The van der Waals surface area contributed by atoms with Crippen molar-refractivity contribution >= 4 is 0 Å². The fourth-order valence-electron chi connectivity index (χ4n) is 5.37. The Balaban J connectivity index is 2.14. The van der Waals surface area contributed by atoms with Crippen molar-refractivity contribution < 1.29 is 0 Å². The highest BCUT2D eigenvalue weighted by Crippen LogP contribution is 2.29. The van der Waals surface area contributed by atoms with Crippen LogP contribution in [-0.2, 0) is 13.1 Å². The molecule has 0 aliphatic heterocycles. The summed E-state index contributed by atoms with van der Waals surface area (Å²) in [6.45, 7) is 16.2. The third-order valence-electron chi connectivity index (χ3n) is 7.35. The summed E-state index contributed by atoms with van der Waals surface area (Å²) in [5.41, 5.74) is 5.82. The SMILES string of the molecule is CCCCCCCN(CCC)Cc1ccccc1-c1ccccc1CN(CCC)CCCCCCC. The Hall–Kier alpha value is -1.64. The van der Waals surface area contributed by atoms with Gasteiger partial charge < -0.3 is 0 Å². The lowest BCUT2D eigenvalue weighted by molar-refractivity contribution is 0.258. The Morgan fingerprint density at radius 1 is 0.417 bits per heavy atom. The van der Waals surface area contributed by atoms with Crippen molar-refractivity contribution in [1.29, 1.82) is 0 Å². The van der Waals surface area contributed by atoms with Crippen LogP contribution in [0.15, 0.2) is 48.5 Å². The summed E-state index contributed by atoms with van der Waals surface area (Å²) in [5.74, 6) is 0. The summed E-state index contributed by atoms with van der Waals surface area (Å²) in [5, 5.41) is 0. The van der Waals surface area contributed by atoms with Crippen LogP contribution in [0.4, 0.5) is 0 Å². The molecular weight excluding hydrogens is 436 g/mol. The molecule has 0 saturated carbocycles. The van der Waals surface area contributed by atoms with Crippen molar-refractivity contribution in [2.24, 2.45) is 0 Å². The fraction of sp³-hybridized carbons (Fsp3) is 0.647. The maximum atomic E-state index is 2.69. The van der Waals surface area contributed by atoms with E-state index >= 15 is 0 Å². The molecule has 0 N–H and O–H groups in total. The molecule has 2 nitrogen and oxygen atoms in total. The minimum Gasteiger partial charge on any atom is -0.299 e. The first-order valence-electron chi connectivity index (χ1n) is 15.3. The van der Waals surface area contributed by atoms with E-state index < -0.39 is 0 Å². The lowest BCUT2D eigenvalue weighted by Gasteiger charge is -2.25. The zero-order chi connectivity index (χ0) is 25.8. The molecule has 0 aliphatic rings. The second-order valence-electron chi connectivity index (χ2n) is 10.7. The van der Waals surface area contributed by atoms with Crippen molar-refractivity contribution in [3.05, 3.63) is 59.7 Å². The zero-order valence-corrected chi connectivity index (χ0v) is 24.2. The van der Waals surface area contributed by atoms with Crippen LogP contribution >= 0.6 is 0 Å². The second kappa shape index (κ2) is 19.5. The summed E-state index contributed by atoms with van der Waals surface area (Å²) >= 11 is 0. The quantitative estimate of drug-likeness (QED) is 0.160. The third kappa shape index (κ3) is 11.6. The molecule has 2 aromatic carbocycles. The molecular formula is C34H56N2. The molecule has 0 unspecified atom stereocenters. The maximum absolute atomic E-state index is 2.69. The van der Waals surface area contributed by atoms with Crippen LogP contribution in [0.2, 0.25) is 0 Å². The maximum Gasteiger partial charge on any atom is 0.0239 e. The Labute approximate surface area is 224 Å². The molecule has 202 valence electrons. The van der Waals surface area contributed by atoms with Crippen LogP contribution in [0, 0.1) is 0 Å². The minimum atomic E-state index is 1.06. The molecule has 0 aromatic heterocycles. The summed E-state index contributed by atoms with van der Waals surface area (Å²) in [6, 6.07) is 18.3. The molecule has 0 heterocycles. The topological polar surface area (TPSA) is 6.48 Å². The average Bonchev–Trinajstić information content (AvgIpc) is 2.89. The van der Waals surface area contributed by atoms with E-state index in [0.717, 1.165) is 13.1 Å². The molecule has 2 aromatic rings. The summed E-state index contributed by atoms with van der Waals surface area (Å²) in [6.07, 6.45) is 16.0. The van der Waals surface area contributed by atoms with Gasteiger partial charge in [0.05, 0.1) is 0 Å². The Morgan fingerprint density at radius 3 is 1.19 bits per heavy atom. The lowest BCUT2D eigenvalue weighted by Crippen LogP contribution is -2.26. The van der Waals surface area contributed by atoms with Gasteiger partial charge >= 0.3 is 0 Å². The molecule has 0 amide bonds. The van der Waals surface area contributed by atoms with Gasteiger partial charge in [-0.15, -0.1) is 0 Å². The molecule has 0 bridgehead atoms. The molecule has 0 saturated heterocycles. The molecule has 0 atom stereocenters. The monoisotopic (exact) mass is 492 g/mol. The van der Waals surface area contributed by atoms with Gasteiger partial charge in [-0.05, 0) is 74.1 Å². The normalized spacial score (nSPS) is 11.6. The molecule has 0 radical (unpaired) electrons. The van der Waals surface area contributed by atoms with Gasteiger partial charge in [0.25, 0.3) is 0 Å². The zero-order valence-electron chi connectivity index (χ0n) is 24.2. The smallest absolute Gasteiger partial charge is 0.0239 e. The number of benzene rings is 2. The van der Waals surface area contributed by atoms with Crippen molar-refractivity contribution in [1.82, 2.24) is 9.80 Å². The molecule has 2 rings (SSSR count). The van der Waals surface area contributed by atoms with Crippen LogP contribution in [0.3, 0.4) is 0 Å². The van der Waals surface area contributed by atoms with Gasteiger partial charge in [-0.1, -0.05) is 128 Å². The molecule has 36 heavy (non-hydrogen) atoms. The van der Waals surface area contributed by atoms with E-state index in [1.807, 2.05) is 0 Å². The predicted octanol–water partition coefficient (Wildman–Crippen LogP) is 9.72. The second-order valence-corrected chi connectivity index (χ2v) is 10.7. The first-order chi connectivity index (χ1) is 17.7. The summed E-state index contributed by atoms with van der Waals surface area (Å²) in [7, 11) is 0. The third-order valence-corrected chi connectivity index (χ3v) is 7.35. The van der Waals surface area contributed by atoms with E-state index in [2.05, 4.69) is 86.0 Å². The summed E-state index contributed by atoms with van der Waals surface area (Å²) in [4.78, 5) is 5.38. The molecule has 0 aliphatic carbocycles. The number of hydrogen-bond donors (Lipinski definition) is 0. The Morgan fingerprint density at radius 2 is 0.806 bits per heavy atom. The Kier molecular flexibility index (Phi) is 16.5. The largest absolute Gasteiger partial charge is 0.299 e. The van der Waals surface area contributed by atoms with Gasteiger partial charge in [-0.25, -0.2) is 0 Å². The van der Waals surface area contributed by atoms with Crippen LogP contribution in [0.1, 0.15) is 116 Å². The van der Waals surface area contributed by atoms with Crippen molar-refractivity contribution in [3.8, 4) is 11.1 Å². The van der Waals surface area contributed by atoms with Gasteiger partial charge in [0.2, 0.25) is 0 Å². The van der Waals surface area contributed by atoms with Crippen molar-refractivity contribution in [3.63, 3.8) is 0 Å². The van der Waals surface area contributed by atoms with Crippen LogP contribution in [-0.4, -0.2) is 36.0 Å². The lowest BCUT2D eigenvalue weighted by atomic mass is 9.94. The van der Waals surface area contributed by atoms with E-state index in [4.69, 9.17) is 0 Å². The van der Waals surface area contributed by atoms with Crippen LogP contribution < -0.4 is 0 Å². The predicted molar refractivity (Wildman–Crippen MR) is 161 cm³/mol. The number of rotatable bonds is 21. The van der Waals surface area contributed by atoms with Gasteiger partial charge in [-0.2, -0.15) is 0 Å². The fourth-order valence-corrected chi connectivity index (χ4v) is 5.37. The molecule has 0 spiro atoms. The van der Waals surface area contributed by atoms with Gasteiger partial charge in [0.15, 0.2) is 0 Å². The van der Waals surface area contributed by atoms with Gasteiger partial charge in [0.1, 0.15) is 0 Å². The first kappa shape index (κ1) is 30.6. The van der Waals surface area contributed by atoms with Gasteiger partial charge in [-0.3, -0.25) is 9.80 Å². The highest BCUT2D eigenvalue weighted by Gasteiger charge is 2.14. The standard InChI is InChI=1S/C34H56N2/c1-5-9-11-13-19-27-35(25-7-3)29-31-21-15-17-23-33(31)34-24-18-16-22-32(34)30-36(26-8-4)28-20-14-12-10-6-2/h15-18,21-24H,5-14,19-20,25-30H2,1-4H3. The average molecular weight is 493 g/mol. The van der Waals surface area contributed by atoms with E-state index in [0.29, 0.717) is 0 Å². The van der Waals surface area contributed by atoms with E-state index in [1.165, 1.54) is 125 Å². The Bertz CT molecular complexity index is 732. The summed E-state index contributed by atoms with van der Waals surface area (Å²) < 4.78 is 0. The highest BCUT2D eigenvalue weighted by molar-refractivity contribution is 5.70. The minimum absolute atomic E-state index is 1.06. The van der Waals surface area contributed by atoms with Crippen LogP contribution in [0.5, 0.6) is 0 Å². The molecule has 2 heteroatoms. The van der Waals surface area contributed by atoms with Crippen LogP contribution in [0.25, 0.3) is 11.1 Å². The van der Waals surface area contributed by atoms with E-state index in [1.54, 1.807) is 0 Å².